The monoisotopic (exact) mass is 440 g/mol. The van der Waals surface area contributed by atoms with Gasteiger partial charge in [0.25, 0.3) is 5.91 Å². The molecule has 1 N–H and O–H groups in total. The Hall–Kier alpha value is -3.02. The van der Waals surface area contributed by atoms with Crippen molar-refractivity contribution in [3.8, 4) is 11.5 Å². The van der Waals surface area contributed by atoms with Crippen LogP contribution in [0.3, 0.4) is 0 Å². The maximum absolute atomic E-state index is 13.3. The quantitative estimate of drug-likeness (QED) is 0.567. The van der Waals surface area contributed by atoms with E-state index in [2.05, 4.69) is 5.32 Å². The van der Waals surface area contributed by atoms with Crippen LogP contribution in [-0.2, 0) is 16.1 Å². The molecule has 0 unspecified atom stereocenters. The number of rotatable bonds is 11. The van der Waals surface area contributed by atoms with Crippen molar-refractivity contribution in [3.05, 3.63) is 59.2 Å². The zero-order valence-corrected chi connectivity index (χ0v) is 20.1. The summed E-state index contributed by atoms with van der Waals surface area (Å²) in [5.74, 6) is 1.32. The second-order valence-corrected chi connectivity index (χ2v) is 8.49. The third kappa shape index (κ3) is 7.29. The molecule has 6 heteroatoms. The first kappa shape index (κ1) is 25.2. The minimum absolute atomic E-state index is 0.137. The van der Waals surface area contributed by atoms with E-state index in [4.69, 9.17) is 9.47 Å². The number of carbonyl (C=O) groups excluding carboxylic acids is 2. The van der Waals surface area contributed by atoms with Crippen LogP contribution in [0.15, 0.2) is 42.5 Å². The van der Waals surface area contributed by atoms with Gasteiger partial charge in [0, 0.05) is 13.1 Å². The summed E-state index contributed by atoms with van der Waals surface area (Å²) in [5, 5.41) is 2.97. The Kier molecular flexibility index (Phi) is 9.57. The number of ether oxygens (including phenoxy) is 2. The van der Waals surface area contributed by atoms with E-state index in [1.54, 1.807) is 12.0 Å². The average molecular weight is 441 g/mol. The fourth-order valence-corrected chi connectivity index (χ4v) is 3.49. The van der Waals surface area contributed by atoms with Crippen LogP contribution in [0.5, 0.6) is 11.5 Å². The summed E-state index contributed by atoms with van der Waals surface area (Å²) >= 11 is 0. The van der Waals surface area contributed by atoms with Gasteiger partial charge < -0.3 is 19.7 Å². The number of nitrogens with one attached hydrogen (secondary N) is 1. The Balaban J connectivity index is 2.24. The highest BCUT2D eigenvalue weighted by Gasteiger charge is 2.29. The molecule has 2 amide bonds. The lowest BCUT2D eigenvalue weighted by Gasteiger charge is -2.31. The van der Waals surface area contributed by atoms with Gasteiger partial charge in [-0.05, 0) is 55.5 Å². The minimum atomic E-state index is -0.588. The Labute approximate surface area is 191 Å². The highest BCUT2D eigenvalue weighted by Crippen LogP contribution is 2.20. The summed E-state index contributed by atoms with van der Waals surface area (Å²) in [6, 6.07) is 12.8. The summed E-state index contributed by atoms with van der Waals surface area (Å²) in [4.78, 5) is 27.8. The van der Waals surface area contributed by atoms with Gasteiger partial charge >= 0.3 is 0 Å². The Bertz CT molecular complexity index is 910. The number of hydrogen-bond donors (Lipinski definition) is 1. The maximum Gasteiger partial charge on any atom is 0.261 e. The lowest BCUT2D eigenvalue weighted by molar-refractivity contribution is -0.143. The second-order valence-electron chi connectivity index (χ2n) is 8.49. The molecule has 0 aliphatic rings. The lowest BCUT2D eigenvalue weighted by Crippen LogP contribution is -2.50. The van der Waals surface area contributed by atoms with Crippen molar-refractivity contribution in [2.24, 2.45) is 5.92 Å². The number of benzene rings is 2. The zero-order chi connectivity index (χ0) is 23.7. The van der Waals surface area contributed by atoms with E-state index in [1.165, 1.54) is 0 Å². The standard InChI is InChI=1S/C26H36N2O4/c1-7-23(26(30)27-15-18(2)3)28(16-21-9-8-10-22(14-21)31-6)25(29)17-32-24-12-11-19(4)13-20(24)5/h8-14,18,23H,7,15-17H2,1-6H3,(H,27,30)/t23-/m1/s1. The molecule has 6 nitrogen and oxygen atoms in total. The first-order valence-electron chi connectivity index (χ1n) is 11.1. The van der Waals surface area contributed by atoms with Crippen LogP contribution in [0.4, 0.5) is 0 Å². The molecule has 0 saturated heterocycles. The highest BCUT2D eigenvalue weighted by atomic mass is 16.5. The zero-order valence-electron chi connectivity index (χ0n) is 20.1. The van der Waals surface area contributed by atoms with Gasteiger partial charge in [0.2, 0.25) is 5.91 Å². The van der Waals surface area contributed by atoms with Gasteiger partial charge in [0.05, 0.1) is 7.11 Å². The summed E-state index contributed by atoms with van der Waals surface area (Å²) < 4.78 is 11.2. The van der Waals surface area contributed by atoms with Crippen molar-refractivity contribution in [1.29, 1.82) is 0 Å². The molecular weight excluding hydrogens is 404 g/mol. The molecule has 0 aromatic heterocycles. The van der Waals surface area contributed by atoms with E-state index in [0.717, 1.165) is 16.7 Å². The SMILES string of the molecule is CC[C@H](C(=O)NCC(C)C)N(Cc1cccc(OC)c1)C(=O)COc1ccc(C)cc1C. The number of carbonyl (C=O) groups is 2. The fourth-order valence-electron chi connectivity index (χ4n) is 3.49. The first-order chi connectivity index (χ1) is 15.2. The highest BCUT2D eigenvalue weighted by molar-refractivity contribution is 5.88. The van der Waals surface area contributed by atoms with Gasteiger partial charge in [0.1, 0.15) is 17.5 Å². The Morgan fingerprint density at radius 1 is 1.09 bits per heavy atom. The smallest absolute Gasteiger partial charge is 0.261 e. The van der Waals surface area contributed by atoms with E-state index in [9.17, 15) is 9.59 Å². The number of hydrogen-bond acceptors (Lipinski definition) is 4. The van der Waals surface area contributed by atoms with Crippen LogP contribution in [0.25, 0.3) is 0 Å². The second kappa shape index (κ2) is 12.1. The predicted molar refractivity (Wildman–Crippen MR) is 127 cm³/mol. The molecule has 0 radical (unpaired) electrons. The van der Waals surface area contributed by atoms with E-state index in [-0.39, 0.29) is 18.4 Å². The molecule has 0 spiro atoms. The van der Waals surface area contributed by atoms with Crippen LogP contribution < -0.4 is 14.8 Å². The molecule has 0 aliphatic heterocycles. The van der Waals surface area contributed by atoms with E-state index in [0.29, 0.717) is 36.9 Å². The van der Waals surface area contributed by atoms with Crippen LogP contribution in [0.2, 0.25) is 0 Å². The van der Waals surface area contributed by atoms with Crippen LogP contribution in [0.1, 0.15) is 43.9 Å². The first-order valence-corrected chi connectivity index (χ1v) is 11.1. The predicted octanol–water partition coefficient (Wildman–Crippen LogP) is 4.27. The van der Waals surface area contributed by atoms with Crippen molar-refractivity contribution in [2.45, 2.75) is 53.6 Å². The van der Waals surface area contributed by atoms with Gasteiger partial charge in [0.15, 0.2) is 6.61 Å². The van der Waals surface area contributed by atoms with Crippen molar-refractivity contribution in [2.75, 3.05) is 20.3 Å². The number of methoxy groups -OCH3 is 1. The number of aryl methyl sites for hydroxylation is 2. The fraction of sp³-hybridized carbons (Fsp3) is 0.462. The van der Waals surface area contributed by atoms with Gasteiger partial charge in [-0.2, -0.15) is 0 Å². The third-order valence-electron chi connectivity index (χ3n) is 5.24. The topological polar surface area (TPSA) is 67.9 Å². The van der Waals surface area contributed by atoms with Gasteiger partial charge in [-0.15, -0.1) is 0 Å². The number of nitrogens with zero attached hydrogens (tertiary/aromatic N) is 1. The normalized spacial score (nSPS) is 11.7. The van der Waals surface area contributed by atoms with Crippen molar-refractivity contribution in [3.63, 3.8) is 0 Å². The molecule has 2 aromatic rings. The molecule has 32 heavy (non-hydrogen) atoms. The Morgan fingerprint density at radius 2 is 1.84 bits per heavy atom. The van der Waals surface area contributed by atoms with Gasteiger partial charge in [-0.25, -0.2) is 0 Å². The van der Waals surface area contributed by atoms with E-state index < -0.39 is 6.04 Å². The molecule has 0 saturated carbocycles. The number of amides is 2. The van der Waals surface area contributed by atoms with E-state index >= 15 is 0 Å². The third-order valence-corrected chi connectivity index (χ3v) is 5.24. The molecule has 1 atom stereocenters. The molecule has 2 aromatic carbocycles. The van der Waals surface area contributed by atoms with Crippen molar-refractivity contribution in [1.82, 2.24) is 10.2 Å². The van der Waals surface area contributed by atoms with Crippen LogP contribution >= 0.6 is 0 Å². The van der Waals surface area contributed by atoms with E-state index in [1.807, 2.05) is 77.1 Å². The Morgan fingerprint density at radius 3 is 2.47 bits per heavy atom. The molecule has 0 fully saturated rings. The van der Waals surface area contributed by atoms with Crippen molar-refractivity contribution >= 4 is 11.8 Å². The van der Waals surface area contributed by atoms with Gasteiger partial charge in [-0.1, -0.05) is 50.6 Å². The van der Waals surface area contributed by atoms with Crippen LogP contribution in [-0.4, -0.2) is 43.0 Å². The molecule has 0 heterocycles. The molecule has 0 aliphatic carbocycles. The summed E-state index contributed by atoms with van der Waals surface area (Å²) in [6.07, 6.45) is 0.503. The lowest BCUT2D eigenvalue weighted by atomic mass is 10.1. The summed E-state index contributed by atoms with van der Waals surface area (Å²) in [5.41, 5.74) is 2.99. The summed E-state index contributed by atoms with van der Waals surface area (Å²) in [7, 11) is 1.61. The van der Waals surface area contributed by atoms with Crippen LogP contribution in [0, 0.1) is 19.8 Å². The molecule has 0 bridgehead atoms. The summed E-state index contributed by atoms with van der Waals surface area (Å²) in [6.45, 7) is 10.7. The molecule has 2 rings (SSSR count). The molecular formula is C26H36N2O4. The molecule has 174 valence electrons. The maximum atomic E-state index is 13.3. The largest absolute Gasteiger partial charge is 0.497 e. The van der Waals surface area contributed by atoms with Gasteiger partial charge in [-0.3, -0.25) is 9.59 Å². The minimum Gasteiger partial charge on any atom is -0.497 e. The van der Waals surface area contributed by atoms with Crippen molar-refractivity contribution < 1.29 is 19.1 Å². The average Bonchev–Trinajstić information content (AvgIpc) is 2.76.